The first-order valence-corrected chi connectivity index (χ1v) is 12.0. The van der Waals surface area contributed by atoms with E-state index < -0.39 is 42.1 Å². The number of benzene rings is 2. The van der Waals surface area contributed by atoms with Crippen molar-refractivity contribution in [1.29, 1.82) is 0 Å². The van der Waals surface area contributed by atoms with E-state index in [0.29, 0.717) is 22.2 Å². The lowest BCUT2D eigenvalue weighted by Crippen LogP contribution is -2.49. The van der Waals surface area contributed by atoms with Gasteiger partial charge in [0.2, 0.25) is 0 Å². The molecule has 9 nitrogen and oxygen atoms in total. The van der Waals surface area contributed by atoms with Gasteiger partial charge in [-0.15, -0.1) is 0 Å². The highest BCUT2D eigenvalue weighted by Crippen LogP contribution is 2.43. The van der Waals surface area contributed by atoms with Crippen LogP contribution in [0.2, 0.25) is 5.15 Å². The molecule has 10 heteroatoms. The van der Waals surface area contributed by atoms with E-state index in [0.717, 1.165) is 0 Å². The lowest BCUT2D eigenvalue weighted by molar-refractivity contribution is -0.101. The predicted molar refractivity (Wildman–Crippen MR) is 134 cm³/mol. The van der Waals surface area contributed by atoms with Crippen LogP contribution in [0.5, 0.6) is 0 Å². The largest absolute Gasteiger partial charge is 0.456 e. The predicted octanol–water partition coefficient (Wildman–Crippen LogP) is 4.20. The maximum Gasteiger partial charge on any atom is 0.338 e. The van der Waals surface area contributed by atoms with Crippen molar-refractivity contribution in [3.63, 3.8) is 0 Å². The van der Waals surface area contributed by atoms with Crippen LogP contribution in [0.3, 0.4) is 0 Å². The number of carbonyl (C=O) groups is 2. The molecular weight excluding hydrogens is 498 g/mol. The van der Waals surface area contributed by atoms with Crippen LogP contribution < -0.4 is 0 Å². The van der Waals surface area contributed by atoms with Gasteiger partial charge < -0.3 is 23.9 Å². The SMILES string of the molecule is C[C@@H](OC(=O)c1ccccc1)[C@H]1O[C@@H](n2ccc3c(Cl)ncnc32)[C@](C)(O)[C@@H]1OC(=O)c1ccccc1. The van der Waals surface area contributed by atoms with Gasteiger partial charge in [0.25, 0.3) is 0 Å². The second-order valence-corrected chi connectivity index (χ2v) is 9.33. The Morgan fingerprint density at radius 1 is 1.03 bits per heavy atom. The zero-order valence-electron chi connectivity index (χ0n) is 20.0. The summed E-state index contributed by atoms with van der Waals surface area (Å²) in [6.07, 6.45) is -1.18. The van der Waals surface area contributed by atoms with Gasteiger partial charge in [-0.2, -0.15) is 0 Å². The number of carbonyl (C=O) groups excluding carboxylic acids is 2. The Bertz CT molecular complexity index is 1430. The molecule has 1 saturated heterocycles. The van der Waals surface area contributed by atoms with E-state index in [1.54, 1.807) is 84.4 Å². The van der Waals surface area contributed by atoms with Gasteiger partial charge in [-0.1, -0.05) is 48.0 Å². The first-order valence-electron chi connectivity index (χ1n) is 11.6. The van der Waals surface area contributed by atoms with Crippen molar-refractivity contribution in [2.45, 2.75) is 44.0 Å². The molecule has 0 saturated carbocycles. The van der Waals surface area contributed by atoms with Gasteiger partial charge in [0.05, 0.1) is 16.5 Å². The topological polar surface area (TPSA) is 113 Å². The zero-order valence-corrected chi connectivity index (χ0v) is 20.8. The van der Waals surface area contributed by atoms with Gasteiger partial charge in [0.15, 0.2) is 12.3 Å². The van der Waals surface area contributed by atoms with Crippen LogP contribution in [0.4, 0.5) is 0 Å². The highest BCUT2D eigenvalue weighted by atomic mass is 35.5. The number of nitrogens with zero attached hydrogens (tertiary/aromatic N) is 3. The molecule has 5 rings (SSSR count). The molecule has 0 aliphatic carbocycles. The minimum Gasteiger partial charge on any atom is -0.456 e. The maximum atomic E-state index is 13.0. The summed E-state index contributed by atoms with van der Waals surface area (Å²) in [5.74, 6) is -1.22. The molecule has 0 bridgehead atoms. The number of fused-ring (bicyclic) bond motifs is 1. The molecule has 0 amide bonds. The third-order valence-electron chi connectivity index (χ3n) is 6.38. The first kappa shape index (κ1) is 24.9. The molecule has 1 fully saturated rings. The van der Waals surface area contributed by atoms with Gasteiger partial charge >= 0.3 is 11.9 Å². The number of ether oxygens (including phenoxy) is 3. The molecule has 2 aromatic heterocycles. The molecule has 0 unspecified atom stereocenters. The van der Waals surface area contributed by atoms with Crippen LogP contribution in [-0.4, -0.2) is 55.5 Å². The molecule has 0 radical (unpaired) electrons. The molecule has 190 valence electrons. The summed E-state index contributed by atoms with van der Waals surface area (Å²) in [7, 11) is 0. The van der Waals surface area contributed by atoms with E-state index in [1.165, 1.54) is 13.3 Å². The van der Waals surface area contributed by atoms with Crippen molar-refractivity contribution < 1.29 is 28.9 Å². The average Bonchev–Trinajstić information content (AvgIpc) is 3.44. The smallest absolute Gasteiger partial charge is 0.338 e. The third kappa shape index (κ3) is 4.69. The van der Waals surface area contributed by atoms with Crippen molar-refractivity contribution in [2.75, 3.05) is 0 Å². The fourth-order valence-corrected chi connectivity index (χ4v) is 4.68. The summed E-state index contributed by atoms with van der Waals surface area (Å²) in [6, 6.07) is 18.6. The number of rotatable bonds is 6. The molecule has 3 heterocycles. The summed E-state index contributed by atoms with van der Waals surface area (Å²) in [5, 5.41) is 12.5. The minimum atomic E-state index is -1.74. The number of aliphatic hydroxyl groups is 1. The second-order valence-electron chi connectivity index (χ2n) is 8.97. The molecule has 1 aliphatic rings. The van der Waals surface area contributed by atoms with E-state index in [4.69, 9.17) is 25.8 Å². The molecule has 0 spiro atoms. The third-order valence-corrected chi connectivity index (χ3v) is 6.68. The van der Waals surface area contributed by atoms with E-state index in [-0.39, 0.29) is 5.15 Å². The maximum absolute atomic E-state index is 13.0. The molecule has 1 aliphatic heterocycles. The van der Waals surface area contributed by atoms with Crippen LogP contribution in [0.15, 0.2) is 79.3 Å². The van der Waals surface area contributed by atoms with Gasteiger partial charge in [-0.25, -0.2) is 19.6 Å². The number of hydrogen-bond acceptors (Lipinski definition) is 8. The summed E-state index contributed by atoms with van der Waals surface area (Å²) in [5.41, 5.74) is -0.657. The van der Waals surface area contributed by atoms with Crippen molar-refractivity contribution in [3.8, 4) is 0 Å². The van der Waals surface area contributed by atoms with Crippen LogP contribution in [0.25, 0.3) is 11.0 Å². The fraction of sp³-hybridized carbons (Fsp3) is 0.259. The molecular formula is C27H24ClN3O6. The molecule has 5 atom stereocenters. The Labute approximate surface area is 217 Å². The zero-order chi connectivity index (χ0) is 26.2. The lowest BCUT2D eigenvalue weighted by Gasteiger charge is -2.31. The monoisotopic (exact) mass is 521 g/mol. The summed E-state index contributed by atoms with van der Waals surface area (Å²) in [4.78, 5) is 34.0. The quantitative estimate of drug-likeness (QED) is 0.297. The summed E-state index contributed by atoms with van der Waals surface area (Å²) < 4.78 is 19.4. The Morgan fingerprint density at radius 3 is 2.30 bits per heavy atom. The number of halogens is 1. The average molecular weight is 522 g/mol. The highest BCUT2D eigenvalue weighted by molar-refractivity contribution is 6.33. The van der Waals surface area contributed by atoms with Crippen molar-refractivity contribution in [1.82, 2.24) is 14.5 Å². The van der Waals surface area contributed by atoms with E-state index >= 15 is 0 Å². The van der Waals surface area contributed by atoms with E-state index in [1.807, 2.05) is 0 Å². The Hall–Kier alpha value is -3.79. The molecule has 1 N–H and O–H groups in total. The van der Waals surface area contributed by atoms with Crippen LogP contribution in [0, 0.1) is 0 Å². The highest BCUT2D eigenvalue weighted by Gasteiger charge is 2.58. The molecule has 4 aromatic rings. The molecule has 37 heavy (non-hydrogen) atoms. The Balaban J connectivity index is 1.49. The fourth-order valence-electron chi connectivity index (χ4n) is 4.49. The van der Waals surface area contributed by atoms with Crippen LogP contribution >= 0.6 is 11.6 Å². The van der Waals surface area contributed by atoms with E-state index in [9.17, 15) is 14.7 Å². The molecule has 2 aromatic carbocycles. The summed E-state index contributed by atoms with van der Waals surface area (Å²) in [6.45, 7) is 3.13. The van der Waals surface area contributed by atoms with Crippen molar-refractivity contribution >= 4 is 34.6 Å². The van der Waals surface area contributed by atoms with Gasteiger partial charge in [0.1, 0.15) is 34.9 Å². The normalized spacial score (nSPS) is 24.1. The van der Waals surface area contributed by atoms with Gasteiger partial charge in [-0.05, 0) is 44.2 Å². The Kier molecular flexibility index (Phi) is 6.68. The number of esters is 2. The summed E-state index contributed by atoms with van der Waals surface area (Å²) >= 11 is 6.21. The van der Waals surface area contributed by atoms with Crippen molar-refractivity contribution in [3.05, 3.63) is 95.5 Å². The number of aromatic nitrogens is 3. The van der Waals surface area contributed by atoms with E-state index in [2.05, 4.69) is 9.97 Å². The van der Waals surface area contributed by atoms with Crippen LogP contribution in [0.1, 0.15) is 40.8 Å². The Morgan fingerprint density at radius 2 is 1.65 bits per heavy atom. The number of hydrogen-bond donors (Lipinski definition) is 1. The minimum absolute atomic E-state index is 0.246. The first-order chi connectivity index (χ1) is 17.8. The lowest BCUT2D eigenvalue weighted by atomic mass is 9.93. The van der Waals surface area contributed by atoms with Crippen LogP contribution in [-0.2, 0) is 14.2 Å². The van der Waals surface area contributed by atoms with Gasteiger partial charge in [0, 0.05) is 6.20 Å². The second kappa shape index (κ2) is 9.93. The van der Waals surface area contributed by atoms with Gasteiger partial charge in [-0.3, -0.25) is 0 Å². The van der Waals surface area contributed by atoms with Crippen molar-refractivity contribution in [2.24, 2.45) is 0 Å². The standard InChI is InChI=1S/C27H24ClN3O6/c1-16(35-24(32)17-9-5-3-6-10-17)20-21(37-25(33)18-11-7-4-8-12-18)27(2,34)26(36-20)31-14-13-19-22(28)29-15-30-23(19)31/h3-16,20-21,26,34H,1-2H3/t16-,20-,21-,26-,27-/m1/s1.